The van der Waals surface area contributed by atoms with Crippen LogP contribution in [-0.2, 0) is 9.53 Å². The molecule has 13 heavy (non-hydrogen) atoms. The standard InChI is InChI=1S/C9H16N2O2/c1-5-6(2-3-13-5)9(12)11-8-4-7(8)10/h5-8H,2-4,10H2,1H3,(H,11,12). The van der Waals surface area contributed by atoms with Crippen molar-refractivity contribution >= 4 is 5.91 Å². The highest BCUT2D eigenvalue weighted by atomic mass is 16.5. The second-order valence-corrected chi connectivity index (χ2v) is 3.99. The number of nitrogens with two attached hydrogens (primary N) is 1. The van der Waals surface area contributed by atoms with Crippen LogP contribution in [0.5, 0.6) is 0 Å². The van der Waals surface area contributed by atoms with Crippen LogP contribution in [0.3, 0.4) is 0 Å². The summed E-state index contributed by atoms with van der Waals surface area (Å²) in [4.78, 5) is 11.6. The number of hydrogen-bond acceptors (Lipinski definition) is 3. The Morgan fingerprint density at radius 2 is 2.31 bits per heavy atom. The maximum absolute atomic E-state index is 11.6. The molecule has 0 bridgehead atoms. The van der Waals surface area contributed by atoms with Crippen molar-refractivity contribution in [2.75, 3.05) is 6.61 Å². The van der Waals surface area contributed by atoms with Gasteiger partial charge < -0.3 is 15.8 Å². The number of nitrogens with one attached hydrogen (secondary N) is 1. The van der Waals surface area contributed by atoms with Crippen molar-refractivity contribution in [1.29, 1.82) is 0 Å². The lowest BCUT2D eigenvalue weighted by atomic mass is 10.0. The van der Waals surface area contributed by atoms with Gasteiger partial charge in [0.2, 0.25) is 5.91 Å². The van der Waals surface area contributed by atoms with E-state index in [1.807, 2.05) is 6.92 Å². The predicted molar refractivity (Wildman–Crippen MR) is 48.0 cm³/mol. The third-order valence-electron chi connectivity index (χ3n) is 2.88. The molecular formula is C9H16N2O2. The van der Waals surface area contributed by atoms with Gasteiger partial charge in [0.1, 0.15) is 0 Å². The van der Waals surface area contributed by atoms with Crippen molar-refractivity contribution in [3.8, 4) is 0 Å². The Morgan fingerprint density at radius 3 is 2.77 bits per heavy atom. The summed E-state index contributed by atoms with van der Waals surface area (Å²) in [5.74, 6) is 0.149. The average Bonchev–Trinajstić information content (AvgIpc) is 2.62. The van der Waals surface area contributed by atoms with Crippen molar-refractivity contribution in [2.24, 2.45) is 11.7 Å². The molecule has 1 heterocycles. The maximum Gasteiger partial charge on any atom is 0.226 e. The molecule has 0 aromatic carbocycles. The monoisotopic (exact) mass is 184 g/mol. The fourth-order valence-corrected chi connectivity index (χ4v) is 1.75. The summed E-state index contributed by atoms with van der Waals surface area (Å²) in [5.41, 5.74) is 5.60. The average molecular weight is 184 g/mol. The Kier molecular flexibility index (Phi) is 2.26. The van der Waals surface area contributed by atoms with E-state index in [9.17, 15) is 4.79 Å². The fourth-order valence-electron chi connectivity index (χ4n) is 1.75. The number of hydrogen-bond donors (Lipinski definition) is 2. The third kappa shape index (κ3) is 1.84. The molecule has 74 valence electrons. The topological polar surface area (TPSA) is 64.3 Å². The van der Waals surface area contributed by atoms with Crippen LogP contribution in [0.2, 0.25) is 0 Å². The molecule has 0 aromatic heterocycles. The van der Waals surface area contributed by atoms with Crippen LogP contribution in [0.1, 0.15) is 19.8 Å². The molecule has 3 N–H and O–H groups in total. The molecule has 1 amide bonds. The van der Waals surface area contributed by atoms with Crippen LogP contribution < -0.4 is 11.1 Å². The van der Waals surface area contributed by atoms with Gasteiger partial charge in [-0.3, -0.25) is 4.79 Å². The molecule has 1 saturated heterocycles. The highest BCUT2D eigenvalue weighted by molar-refractivity contribution is 5.80. The van der Waals surface area contributed by atoms with Crippen LogP contribution in [0.4, 0.5) is 0 Å². The van der Waals surface area contributed by atoms with Gasteiger partial charge in [-0.05, 0) is 19.8 Å². The Labute approximate surface area is 77.8 Å². The van der Waals surface area contributed by atoms with Gasteiger partial charge >= 0.3 is 0 Å². The van der Waals surface area contributed by atoms with Gasteiger partial charge in [0.05, 0.1) is 12.0 Å². The van der Waals surface area contributed by atoms with Gasteiger partial charge in [-0.15, -0.1) is 0 Å². The smallest absolute Gasteiger partial charge is 0.226 e. The first-order valence-electron chi connectivity index (χ1n) is 4.86. The van der Waals surface area contributed by atoms with E-state index in [4.69, 9.17) is 10.5 Å². The molecule has 1 aliphatic heterocycles. The van der Waals surface area contributed by atoms with Crippen LogP contribution in [0.25, 0.3) is 0 Å². The molecule has 2 rings (SSSR count). The Bertz CT molecular complexity index is 220. The van der Waals surface area contributed by atoms with E-state index in [1.54, 1.807) is 0 Å². The van der Waals surface area contributed by atoms with E-state index in [-0.39, 0.29) is 30.0 Å². The zero-order valence-corrected chi connectivity index (χ0v) is 7.82. The van der Waals surface area contributed by atoms with Gasteiger partial charge in [0.25, 0.3) is 0 Å². The van der Waals surface area contributed by atoms with E-state index in [0.717, 1.165) is 12.8 Å². The summed E-state index contributed by atoms with van der Waals surface area (Å²) in [7, 11) is 0. The Morgan fingerprint density at radius 1 is 1.62 bits per heavy atom. The van der Waals surface area contributed by atoms with Gasteiger partial charge in [-0.2, -0.15) is 0 Å². The summed E-state index contributed by atoms with van der Waals surface area (Å²) in [6.45, 7) is 2.65. The lowest BCUT2D eigenvalue weighted by Gasteiger charge is -2.13. The lowest BCUT2D eigenvalue weighted by Crippen LogP contribution is -2.37. The van der Waals surface area contributed by atoms with E-state index in [0.29, 0.717) is 6.61 Å². The predicted octanol–water partition coefficient (Wildman–Crippen LogP) is -0.373. The fraction of sp³-hybridized carbons (Fsp3) is 0.889. The van der Waals surface area contributed by atoms with Crippen molar-refractivity contribution in [2.45, 2.75) is 38.0 Å². The van der Waals surface area contributed by atoms with Crippen molar-refractivity contribution in [3.63, 3.8) is 0 Å². The van der Waals surface area contributed by atoms with Crippen LogP contribution >= 0.6 is 0 Å². The summed E-state index contributed by atoms with van der Waals surface area (Å²) in [6.07, 6.45) is 1.83. The largest absolute Gasteiger partial charge is 0.378 e. The molecular weight excluding hydrogens is 168 g/mol. The van der Waals surface area contributed by atoms with Gasteiger partial charge in [0, 0.05) is 18.7 Å². The van der Waals surface area contributed by atoms with Crippen molar-refractivity contribution in [3.05, 3.63) is 0 Å². The van der Waals surface area contributed by atoms with Gasteiger partial charge in [-0.25, -0.2) is 0 Å². The summed E-state index contributed by atoms with van der Waals surface area (Å²) < 4.78 is 5.32. The molecule has 0 spiro atoms. The second kappa shape index (κ2) is 3.27. The van der Waals surface area contributed by atoms with E-state index >= 15 is 0 Å². The molecule has 1 aliphatic carbocycles. The molecule has 2 fully saturated rings. The normalized spacial score (nSPS) is 43.2. The summed E-state index contributed by atoms with van der Waals surface area (Å²) in [6, 6.07) is 0.405. The van der Waals surface area contributed by atoms with Crippen LogP contribution in [0.15, 0.2) is 0 Å². The second-order valence-electron chi connectivity index (χ2n) is 3.99. The van der Waals surface area contributed by atoms with Crippen LogP contribution in [0, 0.1) is 5.92 Å². The highest BCUT2D eigenvalue weighted by Crippen LogP contribution is 2.23. The van der Waals surface area contributed by atoms with Crippen molar-refractivity contribution < 1.29 is 9.53 Å². The number of amides is 1. The first-order chi connectivity index (χ1) is 6.18. The van der Waals surface area contributed by atoms with E-state index < -0.39 is 0 Å². The third-order valence-corrected chi connectivity index (χ3v) is 2.88. The first kappa shape index (κ1) is 8.97. The van der Waals surface area contributed by atoms with E-state index in [1.165, 1.54) is 0 Å². The van der Waals surface area contributed by atoms with Crippen molar-refractivity contribution in [1.82, 2.24) is 5.32 Å². The number of rotatable bonds is 2. The van der Waals surface area contributed by atoms with Gasteiger partial charge in [0.15, 0.2) is 0 Å². The quantitative estimate of drug-likeness (QED) is 0.615. The molecule has 0 aromatic rings. The molecule has 1 saturated carbocycles. The SMILES string of the molecule is CC1OCCC1C(=O)NC1CC1N. The number of carbonyl (C=O) groups is 1. The minimum atomic E-state index is 0.0350. The maximum atomic E-state index is 11.6. The molecule has 4 unspecified atom stereocenters. The number of carbonyl (C=O) groups excluding carboxylic acids is 1. The number of ether oxygens (including phenoxy) is 1. The minimum Gasteiger partial charge on any atom is -0.378 e. The van der Waals surface area contributed by atoms with Crippen LogP contribution in [-0.4, -0.2) is 30.7 Å². The zero-order valence-electron chi connectivity index (χ0n) is 7.82. The molecule has 0 radical (unpaired) electrons. The summed E-state index contributed by atoms with van der Waals surface area (Å²) >= 11 is 0. The molecule has 4 nitrogen and oxygen atoms in total. The summed E-state index contributed by atoms with van der Waals surface area (Å²) in [5, 5.41) is 2.93. The molecule has 4 heteroatoms. The highest BCUT2D eigenvalue weighted by Gasteiger charge is 2.38. The zero-order chi connectivity index (χ0) is 9.42. The Hall–Kier alpha value is -0.610. The molecule has 2 aliphatic rings. The lowest BCUT2D eigenvalue weighted by molar-refractivity contribution is -0.126. The first-order valence-corrected chi connectivity index (χ1v) is 4.86. The Balaban J connectivity index is 1.82. The minimum absolute atomic E-state index is 0.0350. The van der Waals surface area contributed by atoms with Gasteiger partial charge in [-0.1, -0.05) is 0 Å². The molecule has 4 atom stereocenters. The van der Waals surface area contributed by atoms with E-state index in [2.05, 4.69) is 5.32 Å².